The zero-order valence-corrected chi connectivity index (χ0v) is 11.0. The van der Waals surface area contributed by atoms with Crippen LogP contribution in [0.2, 0.25) is 0 Å². The van der Waals surface area contributed by atoms with Crippen LogP contribution in [0, 0.1) is 0 Å². The standard InChI is InChI=1S/C15H17NO3/c1-2-18-15(17)13-12-9-6-10-16(12)19-14(13)11-7-4-3-5-8-11/h3-5,7-8,12H,2,6,9-10H2,1H3. The van der Waals surface area contributed by atoms with Crippen molar-refractivity contribution in [2.24, 2.45) is 0 Å². The second-order valence-electron chi connectivity index (χ2n) is 4.72. The molecule has 1 saturated heterocycles. The number of hydrogen-bond acceptors (Lipinski definition) is 4. The van der Waals surface area contributed by atoms with Gasteiger partial charge in [0.1, 0.15) is 5.57 Å². The maximum Gasteiger partial charge on any atom is 0.339 e. The summed E-state index contributed by atoms with van der Waals surface area (Å²) in [6.45, 7) is 3.07. The van der Waals surface area contributed by atoms with Gasteiger partial charge in [0.2, 0.25) is 0 Å². The van der Waals surface area contributed by atoms with E-state index in [9.17, 15) is 4.79 Å². The molecule has 2 aliphatic heterocycles. The Morgan fingerprint density at radius 2 is 2.21 bits per heavy atom. The first kappa shape index (κ1) is 12.2. The van der Waals surface area contributed by atoms with E-state index in [1.165, 1.54) is 0 Å². The minimum Gasteiger partial charge on any atom is -0.462 e. The molecule has 100 valence electrons. The van der Waals surface area contributed by atoms with E-state index in [2.05, 4.69) is 0 Å². The van der Waals surface area contributed by atoms with Gasteiger partial charge in [-0.1, -0.05) is 30.3 Å². The summed E-state index contributed by atoms with van der Waals surface area (Å²) < 4.78 is 5.18. The van der Waals surface area contributed by atoms with Crippen molar-refractivity contribution in [3.05, 3.63) is 41.5 Å². The molecule has 1 atom stereocenters. The van der Waals surface area contributed by atoms with Crippen molar-refractivity contribution >= 4 is 11.7 Å². The normalized spacial score (nSPS) is 22.3. The number of ether oxygens (including phenoxy) is 1. The second-order valence-corrected chi connectivity index (χ2v) is 4.72. The van der Waals surface area contributed by atoms with Crippen molar-refractivity contribution in [1.29, 1.82) is 0 Å². The lowest BCUT2D eigenvalue weighted by Gasteiger charge is -2.14. The first-order chi connectivity index (χ1) is 9.31. The highest BCUT2D eigenvalue weighted by Crippen LogP contribution is 2.38. The van der Waals surface area contributed by atoms with Crippen LogP contribution < -0.4 is 0 Å². The summed E-state index contributed by atoms with van der Waals surface area (Å²) in [5.41, 5.74) is 1.60. The molecule has 0 aromatic heterocycles. The van der Waals surface area contributed by atoms with Crippen LogP contribution in [-0.2, 0) is 14.4 Å². The molecule has 2 heterocycles. The Hall–Kier alpha value is -1.81. The average Bonchev–Trinajstić information content (AvgIpc) is 2.99. The van der Waals surface area contributed by atoms with Gasteiger partial charge in [0.15, 0.2) is 5.76 Å². The van der Waals surface area contributed by atoms with E-state index < -0.39 is 0 Å². The lowest BCUT2D eigenvalue weighted by Crippen LogP contribution is -2.27. The molecule has 0 radical (unpaired) electrons. The summed E-state index contributed by atoms with van der Waals surface area (Å²) in [6.07, 6.45) is 2.00. The average molecular weight is 259 g/mol. The minimum atomic E-state index is -0.254. The summed E-state index contributed by atoms with van der Waals surface area (Å²) in [6, 6.07) is 9.79. The molecule has 0 spiro atoms. The van der Waals surface area contributed by atoms with Crippen molar-refractivity contribution in [1.82, 2.24) is 5.06 Å². The minimum absolute atomic E-state index is 0.0502. The van der Waals surface area contributed by atoms with Gasteiger partial charge < -0.3 is 9.57 Å². The lowest BCUT2D eigenvalue weighted by molar-refractivity contribution is -0.139. The SMILES string of the molecule is CCOC(=O)C1=C(c2ccccc2)ON2CCCC12. The van der Waals surface area contributed by atoms with Gasteiger partial charge in [-0.15, -0.1) is 5.06 Å². The number of hydroxylamine groups is 2. The number of benzene rings is 1. The van der Waals surface area contributed by atoms with Gasteiger partial charge in [-0.2, -0.15) is 0 Å². The van der Waals surface area contributed by atoms with Crippen LogP contribution in [0.4, 0.5) is 0 Å². The summed E-state index contributed by atoms with van der Waals surface area (Å²) in [4.78, 5) is 18.0. The number of rotatable bonds is 3. The fourth-order valence-electron chi connectivity index (χ4n) is 2.69. The van der Waals surface area contributed by atoms with E-state index in [4.69, 9.17) is 9.57 Å². The Kier molecular flexibility index (Phi) is 3.25. The Balaban J connectivity index is 2.01. The second kappa shape index (κ2) is 5.05. The molecule has 1 aromatic carbocycles. The topological polar surface area (TPSA) is 38.8 Å². The molecule has 4 nitrogen and oxygen atoms in total. The third-order valence-corrected chi connectivity index (χ3v) is 3.52. The highest BCUT2D eigenvalue weighted by molar-refractivity contribution is 5.98. The molecule has 3 rings (SSSR count). The zero-order valence-electron chi connectivity index (χ0n) is 11.0. The van der Waals surface area contributed by atoms with Crippen LogP contribution in [0.5, 0.6) is 0 Å². The number of hydrogen-bond donors (Lipinski definition) is 0. The largest absolute Gasteiger partial charge is 0.462 e. The third kappa shape index (κ3) is 2.12. The zero-order chi connectivity index (χ0) is 13.2. The summed E-state index contributed by atoms with van der Waals surface area (Å²) >= 11 is 0. The maximum atomic E-state index is 12.2. The summed E-state index contributed by atoms with van der Waals surface area (Å²) in [5.74, 6) is 0.402. The predicted molar refractivity (Wildman–Crippen MR) is 70.8 cm³/mol. The highest BCUT2D eigenvalue weighted by Gasteiger charge is 2.42. The van der Waals surface area contributed by atoms with Crippen molar-refractivity contribution in [2.75, 3.05) is 13.2 Å². The highest BCUT2D eigenvalue weighted by atomic mass is 16.7. The van der Waals surface area contributed by atoms with Crippen LogP contribution in [-0.4, -0.2) is 30.2 Å². The molecule has 1 aromatic rings. The fraction of sp³-hybridized carbons (Fsp3) is 0.400. The Labute approximate surface area is 112 Å². The quantitative estimate of drug-likeness (QED) is 0.781. The van der Waals surface area contributed by atoms with Gasteiger partial charge in [-0.25, -0.2) is 4.79 Å². The van der Waals surface area contributed by atoms with Crippen molar-refractivity contribution in [3.63, 3.8) is 0 Å². The van der Waals surface area contributed by atoms with E-state index in [0.29, 0.717) is 17.9 Å². The van der Waals surface area contributed by atoms with Crippen LogP contribution in [0.1, 0.15) is 25.3 Å². The lowest BCUT2D eigenvalue weighted by atomic mass is 10.0. The Bertz CT molecular complexity index is 509. The molecule has 2 aliphatic rings. The molecule has 0 amide bonds. The molecule has 4 heteroatoms. The smallest absolute Gasteiger partial charge is 0.339 e. The number of nitrogens with zero attached hydrogens (tertiary/aromatic N) is 1. The third-order valence-electron chi connectivity index (χ3n) is 3.52. The summed E-state index contributed by atoms with van der Waals surface area (Å²) in [5, 5.41) is 1.90. The van der Waals surface area contributed by atoms with E-state index in [0.717, 1.165) is 24.9 Å². The van der Waals surface area contributed by atoms with Gasteiger partial charge in [-0.3, -0.25) is 0 Å². The van der Waals surface area contributed by atoms with Gasteiger partial charge in [0.05, 0.1) is 12.6 Å². The van der Waals surface area contributed by atoms with Crippen molar-refractivity contribution in [2.45, 2.75) is 25.8 Å². The monoisotopic (exact) mass is 259 g/mol. The number of fused-ring (bicyclic) bond motifs is 1. The number of carbonyl (C=O) groups is 1. The van der Waals surface area contributed by atoms with Crippen LogP contribution in [0.15, 0.2) is 35.9 Å². The molecular weight excluding hydrogens is 242 g/mol. The summed E-state index contributed by atoms with van der Waals surface area (Å²) in [7, 11) is 0. The van der Waals surface area contributed by atoms with Crippen LogP contribution >= 0.6 is 0 Å². The molecule has 0 bridgehead atoms. The fourth-order valence-corrected chi connectivity index (χ4v) is 2.69. The molecule has 1 fully saturated rings. The molecule has 0 saturated carbocycles. The van der Waals surface area contributed by atoms with E-state index in [1.807, 2.05) is 42.3 Å². The molecule has 0 N–H and O–H groups in total. The van der Waals surface area contributed by atoms with E-state index >= 15 is 0 Å². The van der Waals surface area contributed by atoms with Crippen molar-refractivity contribution < 1.29 is 14.4 Å². The van der Waals surface area contributed by atoms with Crippen molar-refractivity contribution in [3.8, 4) is 0 Å². The molecular formula is C15H17NO3. The van der Waals surface area contributed by atoms with Gasteiger partial charge in [0, 0.05) is 12.1 Å². The molecule has 1 unspecified atom stereocenters. The number of esters is 1. The van der Waals surface area contributed by atoms with Crippen LogP contribution in [0.3, 0.4) is 0 Å². The van der Waals surface area contributed by atoms with E-state index in [1.54, 1.807) is 0 Å². The molecule has 0 aliphatic carbocycles. The predicted octanol–water partition coefficient (Wildman–Crippen LogP) is 2.37. The first-order valence-corrected chi connectivity index (χ1v) is 6.72. The van der Waals surface area contributed by atoms with Gasteiger partial charge in [-0.05, 0) is 19.8 Å². The maximum absolute atomic E-state index is 12.2. The molecule has 19 heavy (non-hydrogen) atoms. The first-order valence-electron chi connectivity index (χ1n) is 6.72. The van der Waals surface area contributed by atoms with Gasteiger partial charge >= 0.3 is 5.97 Å². The van der Waals surface area contributed by atoms with E-state index in [-0.39, 0.29) is 12.0 Å². The number of carbonyl (C=O) groups excluding carboxylic acids is 1. The Morgan fingerprint density at radius 1 is 1.42 bits per heavy atom. The van der Waals surface area contributed by atoms with Crippen LogP contribution in [0.25, 0.3) is 5.76 Å². The van der Waals surface area contributed by atoms with Gasteiger partial charge in [0.25, 0.3) is 0 Å². The Morgan fingerprint density at radius 3 is 2.95 bits per heavy atom.